The Hall–Kier alpha value is -2.27. The second-order valence-corrected chi connectivity index (χ2v) is 5.58. The predicted molar refractivity (Wildman–Crippen MR) is 78.6 cm³/mol. The molecule has 0 aromatic heterocycles. The zero-order valence-electron chi connectivity index (χ0n) is 11.7. The second kappa shape index (κ2) is 5.50. The number of halogens is 2. The highest BCUT2D eigenvalue weighted by molar-refractivity contribution is 5.97. The number of nitrogen functional groups attached to an aromatic ring is 1. The quantitative estimate of drug-likeness (QED) is 0.677. The van der Waals surface area contributed by atoms with Crippen LogP contribution in [-0.4, -0.2) is 17.0 Å². The number of fused-ring (bicyclic) bond motifs is 1. The highest BCUT2D eigenvalue weighted by Crippen LogP contribution is 2.37. The van der Waals surface area contributed by atoms with E-state index >= 15 is 0 Å². The number of aliphatic hydroxyl groups excluding tert-OH is 1. The molecule has 114 valence electrons. The van der Waals surface area contributed by atoms with Crippen molar-refractivity contribution in [2.24, 2.45) is 0 Å². The maximum Gasteiger partial charge on any atom is 0.163 e. The Bertz CT molecular complexity index is 745. The van der Waals surface area contributed by atoms with Crippen molar-refractivity contribution < 1.29 is 18.7 Å². The van der Waals surface area contributed by atoms with Crippen LogP contribution in [0.4, 0.5) is 14.5 Å². The van der Waals surface area contributed by atoms with E-state index in [1.165, 1.54) is 24.3 Å². The zero-order valence-corrected chi connectivity index (χ0v) is 11.7. The molecule has 0 unspecified atom stereocenters. The summed E-state index contributed by atoms with van der Waals surface area (Å²) in [5.74, 6) is -1.54. The molecule has 2 atom stereocenters. The lowest BCUT2D eigenvalue weighted by atomic mass is 9.91. The van der Waals surface area contributed by atoms with E-state index in [4.69, 9.17) is 5.73 Å². The van der Waals surface area contributed by atoms with Gasteiger partial charge in [0.05, 0.1) is 11.8 Å². The maximum atomic E-state index is 13.2. The van der Waals surface area contributed by atoms with Crippen molar-refractivity contribution in [3.8, 4) is 0 Å². The van der Waals surface area contributed by atoms with Crippen molar-refractivity contribution in [2.45, 2.75) is 24.9 Å². The topological polar surface area (TPSA) is 63.3 Å². The number of hydrogen-bond donors (Lipinski definition) is 2. The van der Waals surface area contributed by atoms with Gasteiger partial charge < -0.3 is 10.8 Å². The van der Waals surface area contributed by atoms with E-state index in [-0.39, 0.29) is 29.6 Å². The van der Waals surface area contributed by atoms with Gasteiger partial charge in [0.15, 0.2) is 5.78 Å². The van der Waals surface area contributed by atoms with E-state index in [0.717, 1.165) is 17.2 Å². The number of ketones is 1. The summed E-state index contributed by atoms with van der Waals surface area (Å²) in [5, 5.41) is 10.1. The summed E-state index contributed by atoms with van der Waals surface area (Å²) in [5.41, 5.74) is 7.21. The number of hydrogen-bond acceptors (Lipinski definition) is 3. The molecule has 0 radical (unpaired) electrons. The largest absolute Gasteiger partial charge is 0.396 e. The predicted octanol–water partition coefficient (Wildman–Crippen LogP) is 2.82. The van der Waals surface area contributed by atoms with Crippen molar-refractivity contribution >= 4 is 11.5 Å². The van der Waals surface area contributed by atoms with Crippen LogP contribution in [0, 0.1) is 11.6 Å². The van der Waals surface area contributed by atoms with Gasteiger partial charge in [-0.05, 0) is 47.9 Å². The summed E-state index contributed by atoms with van der Waals surface area (Å²) in [7, 11) is 0. The summed E-state index contributed by atoms with van der Waals surface area (Å²) < 4.78 is 26.4. The average Bonchev–Trinajstić information content (AvgIpc) is 2.77. The molecule has 0 aliphatic heterocycles. The molecular formula is C17H15F2NO2. The fourth-order valence-electron chi connectivity index (χ4n) is 2.97. The monoisotopic (exact) mass is 303 g/mol. The van der Waals surface area contributed by atoms with Crippen LogP contribution in [0.15, 0.2) is 36.4 Å². The van der Waals surface area contributed by atoms with Gasteiger partial charge in [0.1, 0.15) is 11.6 Å². The summed E-state index contributed by atoms with van der Waals surface area (Å²) in [4.78, 5) is 12.3. The average molecular weight is 303 g/mol. The minimum atomic E-state index is -0.724. The van der Waals surface area contributed by atoms with Crippen LogP contribution in [0.3, 0.4) is 0 Å². The molecule has 0 spiro atoms. The van der Waals surface area contributed by atoms with Gasteiger partial charge in [0.2, 0.25) is 0 Å². The van der Waals surface area contributed by atoms with E-state index in [9.17, 15) is 18.7 Å². The second-order valence-electron chi connectivity index (χ2n) is 5.58. The van der Waals surface area contributed by atoms with Gasteiger partial charge in [-0.1, -0.05) is 6.07 Å². The summed E-state index contributed by atoms with van der Waals surface area (Å²) in [6.07, 6.45) is -0.319. The highest BCUT2D eigenvalue weighted by atomic mass is 19.1. The highest BCUT2D eigenvalue weighted by Gasteiger charge is 2.33. The zero-order chi connectivity index (χ0) is 15.9. The Labute approximate surface area is 126 Å². The minimum absolute atomic E-state index is 0.0743. The molecule has 2 aromatic carbocycles. The lowest BCUT2D eigenvalue weighted by Crippen LogP contribution is -2.17. The molecule has 5 heteroatoms. The Morgan fingerprint density at radius 3 is 2.73 bits per heavy atom. The Kier molecular flexibility index (Phi) is 3.66. The SMILES string of the molecule is Nc1cc(C(=O)C[C@@H]2c3ccc(F)cc3C[C@@H]2O)ccc1F. The van der Waals surface area contributed by atoms with E-state index in [1.807, 2.05) is 0 Å². The van der Waals surface area contributed by atoms with Crippen LogP contribution in [-0.2, 0) is 6.42 Å². The molecule has 0 amide bonds. The normalized spacial score (nSPS) is 20.0. The fourth-order valence-corrected chi connectivity index (χ4v) is 2.97. The molecule has 0 saturated carbocycles. The van der Waals surface area contributed by atoms with Gasteiger partial charge in [-0.3, -0.25) is 4.79 Å². The van der Waals surface area contributed by atoms with E-state index in [0.29, 0.717) is 12.0 Å². The number of rotatable bonds is 3. The molecule has 3 nitrogen and oxygen atoms in total. The molecule has 0 saturated heterocycles. The number of carbonyl (C=O) groups is 1. The van der Waals surface area contributed by atoms with Gasteiger partial charge in [-0.25, -0.2) is 8.78 Å². The third kappa shape index (κ3) is 2.60. The molecule has 22 heavy (non-hydrogen) atoms. The van der Waals surface area contributed by atoms with Crippen LogP contribution >= 0.6 is 0 Å². The van der Waals surface area contributed by atoms with Crippen molar-refractivity contribution in [1.29, 1.82) is 0 Å². The molecule has 3 N–H and O–H groups in total. The first kappa shape index (κ1) is 14.7. The van der Waals surface area contributed by atoms with Crippen molar-refractivity contribution in [3.63, 3.8) is 0 Å². The fraction of sp³-hybridized carbons (Fsp3) is 0.235. The van der Waals surface area contributed by atoms with Gasteiger partial charge in [-0.2, -0.15) is 0 Å². The van der Waals surface area contributed by atoms with Crippen molar-refractivity contribution in [1.82, 2.24) is 0 Å². The number of benzene rings is 2. The van der Waals surface area contributed by atoms with Crippen molar-refractivity contribution in [2.75, 3.05) is 5.73 Å². The molecular weight excluding hydrogens is 288 g/mol. The first-order chi connectivity index (χ1) is 10.5. The number of aliphatic hydroxyl groups is 1. The summed E-state index contributed by atoms with van der Waals surface area (Å²) >= 11 is 0. The molecule has 0 heterocycles. The lowest BCUT2D eigenvalue weighted by Gasteiger charge is -2.15. The van der Waals surface area contributed by atoms with Crippen LogP contribution in [0.5, 0.6) is 0 Å². The third-order valence-corrected chi connectivity index (χ3v) is 4.12. The molecule has 3 rings (SSSR count). The van der Waals surface area contributed by atoms with E-state index in [1.54, 1.807) is 6.07 Å². The minimum Gasteiger partial charge on any atom is -0.396 e. The first-order valence-electron chi connectivity index (χ1n) is 7.00. The molecule has 0 fully saturated rings. The molecule has 0 bridgehead atoms. The third-order valence-electron chi connectivity index (χ3n) is 4.12. The number of anilines is 1. The smallest absolute Gasteiger partial charge is 0.163 e. The van der Waals surface area contributed by atoms with Crippen LogP contribution in [0.2, 0.25) is 0 Å². The number of carbonyl (C=O) groups excluding carboxylic acids is 1. The van der Waals surface area contributed by atoms with Crippen LogP contribution < -0.4 is 5.73 Å². The van der Waals surface area contributed by atoms with E-state index in [2.05, 4.69) is 0 Å². The standard InChI is InChI=1S/C17H15F2NO2/c18-11-2-3-12-10(5-11)7-17(22)13(12)8-16(21)9-1-4-14(19)15(20)6-9/h1-6,13,17,22H,7-8,20H2/t13-,17+/m1/s1. The lowest BCUT2D eigenvalue weighted by molar-refractivity contribution is 0.0921. The van der Waals surface area contributed by atoms with Gasteiger partial charge >= 0.3 is 0 Å². The van der Waals surface area contributed by atoms with Crippen LogP contribution in [0.25, 0.3) is 0 Å². The summed E-state index contributed by atoms with van der Waals surface area (Å²) in [6.45, 7) is 0. The van der Waals surface area contributed by atoms with Crippen molar-refractivity contribution in [3.05, 3.63) is 64.7 Å². The Morgan fingerprint density at radius 2 is 2.00 bits per heavy atom. The van der Waals surface area contributed by atoms with E-state index < -0.39 is 11.9 Å². The number of nitrogens with two attached hydrogens (primary N) is 1. The Balaban J connectivity index is 1.84. The number of Topliss-reactive ketones (excluding diaryl/α,β-unsaturated/α-hetero) is 1. The Morgan fingerprint density at radius 1 is 1.23 bits per heavy atom. The maximum absolute atomic E-state index is 13.2. The molecule has 1 aliphatic carbocycles. The van der Waals surface area contributed by atoms with Gasteiger partial charge in [0.25, 0.3) is 0 Å². The molecule has 1 aliphatic rings. The first-order valence-corrected chi connectivity index (χ1v) is 7.00. The molecule has 2 aromatic rings. The van der Waals surface area contributed by atoms with Crippen LogP contribution in [0.1, 0.15) is 33.8 Å². The van der Waals surface area contributed by atoms with Gasteiger partial charge in [0, 0.05) is 17.9 Å². The van der Waals surface area contributed by atoms with Gasteiger partial charge in [-0.15, -0.1) is 0 Å². The summed E-state index contributed by atoms with van der Waals surface area (Å²) in [6, 6.07) is 8.14.